The molecule has 2 heterocycles. The second kappa shape index (κ2) is 9.27. The zero-order valence-electron chi connectivity index (χ0n) is 16.7. The molecule has 2 aromatic heterocycles. The van der Waals surface area contributed by atoms with Gasteiger partial charge in [-0.3, -0.25) is 14.9 Å². The van der Waals surface area contributed by atoms with Crippen molar-refractivity contribution in [2.75, 3.05) is 16.0 Å². The maximum absolute atomic E-state index is 12.4. The highest BCUT2D eigenvalue weighted by atomic mass is 32.1. The van der Waals surface area contributed by atoms with Crippen LogP contribution in [0.15, 0.2) is 76.7 Å². The number of hydrogen-bond acceptors (Lipinski definition) is 6. The summed E-state index contributed by atoms with van der Waals surface area (Å²) in [4.78, 5) is 28.9. The average Bonchev–Trinajstić information content (AvgIpc) is 3.39. The van der Waals surface area contributed by atoms with Gasteiger partial charge in [-0.2, -0.15) is 0 Å². The zero-order chi connectivity index (χ0) is 21.6. The highest BCUT2D eigenvalue weighted by molar-refractivity contribution is 7.14. The summed E-state index contributed by atoms with van der Waals surface area (Å²) in [7, 11) is 0. The maximum Gasteiger partial charge on any atom is 0.260 e. The van der Waals surface area contributed by atoms with Gasteiger partial charge >= 0.3 is 0 Å². The van der Waals surface area contributed by atoms with E-state index < -0.39 is 0 Å². The first-order valence-corrected chi connectivity index (χ1v) is 10.5. The van der Waals surface area contributed by atoms with Gasteiger partial charge in [0, 0.05) is 22.4 Å². The van der Waals surface area contributed by atoms with Gasteiger partial charge in [-0.05, 0) is 49.4 Å². The molecule has 2 aromatic carbocycles. The predicted molar refractivity (Wildman–Crippen MR) is 122 cm³/mol. The second-order valence-corrected chi connectivity index (χ2v) is 7.64. The Morgan fingerprint density at radius 2 is 1.65 bits per heavy atom. The van der Waals surface area contributed by atoms with Crippen LogP contribution in [0.2, 0.25) is 0 Å². The van der Waals surface area contributed by atoms with E-state index >= 15 is 0 Å². The van der Waals surface area contributed by atoms with Crippen LogP contribution in [0, 0.1) is 6.92 Å². The Kier molecular flexibility index (Phi) is 6.09. The van der Waals surface area contributed by atoms with Crippen LogP contribution in [-0.4, -0.2) is 16.8 Å². The van der Waals surface area contributed by atoms with E-state index in [9.17, 15) is 9.59 Å². The standard InChI is InChI=1S/C23H20N4O3S/c1-15-20(11-12-30-15)22(29)27-23-26-19(14-31-23)13-21(28)25-18-9-7-17(8-10-18)24-16-5-3-2-4-6-16/h2-12,14,24H,13H2,1H3,(H,25,28)(H,26,27,29). The van der Waals surface area contributed by atoms with Crippen LogP contribution in [0.4, 0.5) is 22.2 Å². The number of para-hydroxylation sites is 1. The number of nitrogens with zero attached hydrogens (tertiary/aromatic N) is 1. The van der Waals surface area contributed by atoms with Crippen LogP contribution in [0.5, 0.6) is 0 Å². The lowest BCUT2D eigenvalue weighted by atomic mass is 10.2. The number of rotatable bonds is 7. The third kappa shape index (κ3) is 5.37. The minimum Gasteiger partial charge on any atom is -0.469 e. The van der Waals surface area contributed by atoms with Crippen molar-refractivity contribution in [3.8, 4) is 0 Å². The lowest BCUT2D eigenvalue weighted by Crippen LogP contribution is -2.15. The first kappa shape index (κ1) is 20.4. The van der Waals surface area contributed by atoms with Crippen molar-refractivity contribution in [3.05, 3.63) is 89.3 Å². The fraction of sp³-hybridized carbons (Fsp3) is 0.0870. The summed E-state index contributed by atoms with van der Waals surface area (Å²) in [5.41, 5.74) is 3.66. The van der Waals surface area contributed by atoms with Gasteiger partial charge in [-0.25, -0.2) is 4.98 Å². The molecule has 0 aliphatic carbocycles. The molecule has 2 amide bonds. The molecule has 3 N–H and O–H groups in total. The summed E-state index contributed by atoms with van der Waals surface area (Å²) in [6.45, 7) is 1.72. The summed E-state index contributed by atoms with van der Waals surface area (Å²) in [5, 5.41) is 11.1. The number of thiazole rings is 1. The molecule has 0 saturated carbocycles. The molecule has 4 rings (SSSR count). The van der Waals surface area contributed by atoms with Gasteiger partial charge in [0.15, 0.2) is 5.13 Å². The van der Waals surface area contributed by atoms with E-state index in [2.05, 4.69) is 20.9 Å². The quantitative estimate of drug-likeness (QED) is 0.372. The van der Waals surface area contributed by atoms with E-state index in [-0.39, 0.29) is 18.2 Å². The molecule has 0 spiro atoms. The second-order valence-electron chi connectivity index (χ2n) is 6.78. The van der Waals surface area contributed by atoms with E-state index in [1.54, 1.807) is 18.4 Å². The van der Waals surface area contributed by atoms with Crippen LogP contribution < -0.4 is 16.0 Å². The summed E-state index contributed by atoms with van der Waals surface area (Å²) < 4.78 is 5.14. The minimum absolute atomic E-state index is 0.112. The lowest BCUT2D eigenvalue weighted by Gasteiger charge is -2.08. The van der Waals surface area contributed by atoms with E-state index in [0.29, 0.717) is 27.8 Å². The molecule has 0 radical (unpaired) electrons. The fourth-order valence-electron chi connectivity index (χ4n) is 2.93. The van der Waals surface area contributed by atoms with Crippen molar-refractivity contribution in [2.45, 2.75) is 13.3 Å². The topological polar surface area (TPSA) is 96.3 Å². The van der Waals surface area contributed by atoms with Crippen molar-refractivity contribution < 1.29 is 14.0 Å². The number of benzene rings is 2. The molecule has 8 heteroatoms. The molecule has 0 bridgehead atoms. The third-order valence-corrected chi connectivity index (χ3v) is 5.25. The Bertz CT molecular complexity index is 1180. The Morgan fingerprint density at radius 3 is 2.35 bits per heavy atom. The summed E-state index contributed by atoms with van der Waals surface area (Å²) in [5.74, 6) is 0.0667. The number of aryl methyl sites for hydroxylation is 1. The first-order valence-electron chi connectivity index (χ1n) is 9.58. The Hall–Kier alpha value is -3.91. The Balaban J connectivity index is 1.30. The van der Waals surface area contributed by atoms with Gasteiger partial charge in [0.1, 0.15) is 5.76 Å². The number of aromatic nitrogens is 1. The maximum atomic E-state index is 12.4. The van der Waals surface area contributed by atoms with Crippen molar-refractivity contribution in [3.63, 3.8) is 0 Å². The lowest BCUT2D eigenvalue weighted by molar-refractivity contribution is -0.115. The SMILES string of the molecule is Cc1occc1C(=O)Nc1nc(CC(=O)Nc2ccc(Nc3ccccc3)cc2)cs1. The molecule has 0 saturated heterocycles. The van der Waals surface area contributed by atoms with Crippen molar-refractivity contribution in [1.29, 1.82) is 0 Å². The molecule has 0 aliphatic heterocycles. The van der Waals surface area contributed by atoms with Crippen LogP contribution in [0.25, 0.3) is 0 Å². The van der Waals surface area contributed by atoms with E-state index in [0.717, 1.165) is 11.4 Å². The van der Waals surface area contributed by atoms with Crippen LogP contribution >= 0.6 is 11.3 Å². The Morgan fingerprint density at radius 1 is 0.935 bits per heavy atom. The van der Waals surface area contributed by atoms with Crippen molar-refractivity contribution in [2.24, 2.45) is 0 Å². The van der Waals surface area contributed by atoms with E-state index in [1.165, 1.54) is 17.6 Å². The van der Waals surface area contributed by atoms with Crippen LogP contribution in [0.3, 0.4) is 0 Å². The molecule has 0 atom stereocenters. The van der Waals surface area contributed by atoms with Gasteiger partial charge in [-0.1, -0.05) is 18.2 Å². The number of anilines is 4. The molecule has 7 nitrogen and oxygen atoms in total. The highest BCUT2D eigenvalue weighted by Crippen LogP contribution is 2.20. The number of carbonyl (C=O) groups excluding carboxylic acids is 2. The number of furan rings is 1. The molecule has 0 aliphatic rings. The molecule has 0 unspecified atom stereocenters. The third-order valence-electron chi connectivity index (χ3n) is 4.45. The molecule has 31 heavy (non-hydrogen) atoms. The monoisotopic (exact) mass is 432 g/mol. The predicted octanol–water partition coefficient (Wildman–Crippen LogP) is 5.22. The zero-order valence-corrected chi connectivity index (χ0v) is 17.5. The molecule has 0 fully saturated rings. The number of carbonyl (C=O) groups is 2. The highest BCUT2D eigenvalue weighted by Gasteiger charge is 2.14. The molecule has 4 aromatic rings. The molecular weight excluding hydrogens is 412 g/mol. The number of amides is 2. The largest absolute Gasteiger partial charge is 0.469 e. The van der Waals surface area contributed by atoms with Gasteiger partial charge < -0.3 is 15.1 Å². The average molecular weight is 433 g/mol. The molecule has 156 valence electrons. The van der Waals surface area contributed by atoms with Gasteiger partial charge in [0.25, 0.3) is 5.91 Å². The number of nitrogens with one attached hydrogen (secondary N) is 3. The number of hydrogen-bond donors (Lipinski definition) is 3. The van der Waals surface area contributed by atoms with Crippen LogP contribution in [0.1, 0.15) is 21.8 Å². The van der Waals surface area contributed by atoms with Gasteiger partial charge in [0.2, 0.25) is 5.91 Å². The van der Waals surface area contributed by atoms with Crippen molar-refractivity contribution >= 4 is 45.3 Å². The van der Waals surface area contributed by atoms with Crippen LogP contribution in [-0.2, 0) is 11.2 Å². The Labute approximate surface area is 183 Å². The van der Waals surface area contributed by atoms with Crippen molar-refractivity contribution in [1.82, 2.24) is 4.98 Å². The van der Waals surface area contributed by atoms with E-state index in [1.807, 2.05) is 54.6 Å². The summed E-state index contributed by atoms with van der Waals surface area (Å²) in [6.07, 6.45) is 1.58. The molecular formula is C23H20N4O3S. The summed E-state index contributed by atoms with van der Waals surface area (Å²) >= 11 is 1.27. The van der Waals surface area contributed by atoms with Gasteiger partial charge in [0.05, 0.1) is 23.9 Å². The normalized spacial score (nSPS) is 10.5. The minimum atomic E-state index is -0.291. The van der Waals surface area contributed by atoms with E-state index in [4.69, 9.17) is 4.42 Å². The summed E-state index contributed by atoms with van der Waals surface area (Å²) in [6, 6.07) is 18.9. The fourth-order valence-corrected chi connectivity index (χ4v) is 3.63. The smallest absolute Gasteiger partial charge is 0.260 e. The van der Waals surface area contributed by atoms with Gasteiger partial charge in [-0.15, -0.1) is 11.3 Å². The first-order chi connectivity index (χ1) is 15.1.